The van der Waals surface area contributed by atoms with E-state index in [4.69, 9.17) is 4.84 Å². The summed E-state index contributed by atoms with van der Waals surface area (Å²) in [5.74, 6) is -0.00450. The molecule has 0 saturated carbocycles. The summed E-state index contributed by atoms with van der Waals surface area (Å²) < 4.78 is 2.05. The number of unbranched alkanes of at least 4 members (excludes halogenated alkanes) is 4. The van der Waals surface area contributed by atoms with E-state index >= 15 is 0 Å². The number of anilines is 1. The molecule has 0 unspecified atom stereocenters. The highest BCUT2D eigenvalue weighted by molar-refractivity contribution is 6.90. The predicted octanol–water partition coefficient (Wildman–Crippen LogP) is 6.29. The number of aryl methyl sites for hydroxylation is 1. The van der Waals surface area contributed by atoms with E-state index in [2.05, 4.69) is 64.1 Å². The Bertz CT molecular complexity index is 720. The summed E-state index contributed by atoms with van der Waals surface area (Å²) >= 11 is 0. The lowest BCUT2D eigenvalue weighted by molar-refractivity contribution is -0.111. The van der Waals surface area contributed by atoms with Crippen LogP contribution in [0.25, 0.3) is 0 Å². The van der Waals surface area contributed by atoms with Crippen LogP contribution in [0.3, 0.4) is 0 Å². The Labute approximate surface area is 172 Å². The second-order valence-corrected chi connectivity index (χ2v) is 14.4. The Kier molecular flexibility index (Phi) is 7.49. The van der Waals surface area contributed by atoms with Crippen LogP contribution in [0.1, 0.15) is 77.8 Å². The molecule has 0 atom stereocenters. The zero-order valence-corrected chi connectivity index (χ0v) is 19.9. The van der Waals surface area contributed by atoms with Gasteiger partial charge in [-0.3, -0.25) is 4.79 Å². The third-order valence-corrected chi connectivity index (χ3v) is 11.4. The van der Waals surface area contributed by atoms with Gasteiger partial charge in [0.05, 0.1) is 0 Å². The minimum absolute atomic E-state index is 0.00450. The fraction of sp³-hybridized carbons (Fsp3) is 0.652. The van der Waals surface area contributed by atoms with Crippen molar-refractivity contribution in [2.24, 2.45) is 5.16 Å². The number of amides is 1. The van der Waals surface area contributed by atoms with Gasteiger partial charge in [0.15, 0.2) is 13.9 Å². The molecular weight excluding hydrogens is 364 g/mol. The number of rotatable bonds is 9. The highest BCUT2D eigenvalue weighted by Gasteiger charge is 2.49. The van der Waals surface area contributed by atoms with E-state index in [0.717, 1.165) is 17.7 Å². The predicted molar refractivity (Wildman–Crippen MR) is 122 cm³/mol. The number of carbonyl (C=O) groups is 1. The third kappa shape index (κ3) is 4.68. The summed E-state index contributed by atoms with van der Waals surface area (Å²) in [5.41, 5.74) is 3.69. The lowest BCUT2D eigenvalue weighted by atomic mass is 10.0. The molecule has 1 amide bonds. The molecule has 0 aromatic heterocycles. The van der Waals surface area contributed by atoms with Crippen molar-refractivity contribution in [2.45, 2.75) is 91.3 Å². The van der Waals surface area contributed by atoms with Crippen molar-refractivity contribution in [3.63, 3.8) is 0 Å². The van der Waals surface area contributed by atoms with Gasteiger partial charge in [-0.1, -0.05) is 77.7 Å². The molecule has 4 nitrogen and oxygen atoms in total. The normalized spacial score (nSPS) is 16.0. The van der Waals surface area contributed by atoms with Crippen LogP contribution in [0, 0.1) is 0 Å². The average molecular weight is 403 g/mol. The molecule has 1 heterocycles. The number of nitrogens with zero attached hydrogens (tertiary/aromatic N) is 2. The van der Waals surface area contributed by atoms with Gasteiger partial charge in [-0.25, -0.2) is 0 Å². The zero-order valence-electron chi connectivity index (χ0n) is 18.9. The monoisotopic (exact) mass is 402 g/mol. The second-order valence-electron chi connectivity index (χ2n) is 9.32. The lowest BCUT2D eigenvalue weighted by Gasteiger charge is -2.43. The molecule has 1 aromatic carbocycles. The van der Waals surface area contributed by atoms with Crippen molar-refractivity contribution in [1.82, 2.24) is 0 Å². The van der Waals surface area contributed by atoms with E-state index in [-0.39, 0.29) is 10.9 Å². The molecule has 0 N–H and O–H groups in total. The van der Waals surface area contributed by atoms with E-state index in [1.165, 1.54) is 37.7 Å². The van der Waals surface area contributed by atoms with Crippen LogP contribution < -0.4 is 4.57 Å². The summed E-state index contributed by atoms with van der Waals surface area (Å²) in [4.78, 5) is 18.7. The van der Waals surface area contributed by atoms with Crippen molar-refractivity contribution >= 4 is 25.5 Å². The first-order valence-electron chi connectivity index (χ1n) is 10.8. The van der Waals surface area contributed by atoms with E-state index in [1.54, 1.807) is 0 Å². The Morgan fingerprint density at radius 1 is 1.07 bits per heavy atom. The van der Waals surface area contributed by atoms with Crippen molar-refractivity contribution in [1.29, 1.82) is 0 Å². The number of oxime groups is 1. The SMILES string of the molecule is CCCCCCCc1ccc2c(c1)/C(=N/OCC)C(=O)N2[Si](C)(C)C(C)(C)C. The molecule has 0 bridgehead atoms. The van der Waals surface area contributed by atoms with Crippen molar-refractivity contribution in [3.8, 4) is 0 Å². The molecule has 1 aromatic rings. The molecule has 1 aliphatic heterocycles. The fourth-order valence-electron chi connectivity index (χ4n) is 3.49. The summed E-state index contributed by atoms with van der Waals surface area (Å²) in [6.45, 7) is 15.8. The van der Waals surface area contributed by atoms with Crippen molar-refractivity contribution in [3.05, 3.63) is 29.3 Å². The van der Waals surface area contributed by atoms with Gasteiger partial charge in [-0.05, 0) is 42.5 Å². The molecular formula is C23H38N2O2Si. The summed E-state index contributed by atoms with van der Waals surface area (Å²) in [6.07, 6.45) is 7.38. The van der Waals surface area contributed by atoms with E-state index in [0.29, 0.717) is 12.3 Å². The molecule has 0 fully saturated rings. The minimum Gasteiger partial charge on any atom is -0.395 e. The van der Waals surface area contributed by atoms with Gasteiger partial charge < -0.3 is 9.40 Å². The smallest absolute Gasteiger partial charge is 0.273 e. The molecule has 1 aliphatic rings. The van der Waals surface area contributed by atoms with E-state index < -0.39 is 8.24 Å². The number of hydrogen-bond donors (Lipinski definition) is 0. The van der Waals surface area contributed by atoms with Crippen LogP contribution >= 0.6 is 0 Å². The molecule has 0 aliphatic carbocycles. The molecule has 0 saturated heterocycles. The van der Waals surface area contributed by atoms with Crippen LogP contribution in [0.2, 0.25) is 18.1 Å². The number of benzene rings is 1. The van der Waals surface area contributed by atoms with E-state index in [1.807, 2.05) is 11.5 Å². The highest BCUT2D eigenvalue weighted by Crippen LogP contribution is 2.44. The molecule has 28 heavy (non-hydrogen) atoms. The maximum absolute atomic E-state index is 13.4. The van der Waals surface area contributed by atoms with Gasteiger partial charge in [0.25, 0.3) is 5.91 Å². The Morgan fingerprint density at radius 2 is 1.75 bits per heavy atom. The van der Waals surface area contributed by atoms with E-state index in [9.17, 15) is 4.79 Å². The molecule has 156 valence electrons. The van der Waals surface area contributed by atoms with Crippen LogP contribution in [0.4, 0.5) is 5.69 Å². The average Bonchev–Trinajstić information content (AvgIpc) is 2.90. The number of fused-ring (bicyclic) bond motifs is 1. The van der Waals surface area contributed by atoms with Crippen molar-refractivity contribution < 1.29 is 9.63 Å². The van der Waals surface area contributed by atoms with Gasteiger partial charge in [0, 0.05) is 11.3 Å². The zero-order chi connectivity index (χ0) is 20.9. The second kappa shape index (κ2) is 9.25. The van der Waals surface area contributed by atoms with Gasteiger partial charge in [0.2, 0.25) is 0 Å². The number of carbonyl (C=O) groups excluding carboxylic acids is 1. The molecule has 2 rings (SSSR count). The quantitative estimate of drug-likeness (QED) is 0.277. The lowest BCUT2D eigenvalue weighted by Crippen LogP contribution is -2.57. The van der Waals surface area contributed by atoms with Gasteiger partial charge in [-0.2, -0.15) is 0 Å². The summed E-state index contributed by atoms with van der Waals surface area (Å²) in [7, 11) is -2.08. The Balaban J connectivity index is 2.35. The van der Waals surface area contributed by atoms with Crippen LogP contribution in [-0.2, 0) is 16.1 Å². The largest absolute Gasteiger partial charge is 0.395 e. The molecule has 0 radical (unpaired) electrons. The Morgan fingerprint density at radius 3 is 2.36 bits per heavy atom. The molecule has 0 spiro atoms. The fourth-order valence-corrected chi connectivity index (χ4v) is 5.58. The maximum Gasteiger partial charge on any atom is 0.273 e. The van der Waals surface area contributed by atoms with Crippen LogP contribution in [0.5, 0.6) is 0 Å². The third-order valence-electron chi connectivity index (χ3n) is 6.21. The minimum atomic E-state index is -2.08. The topological polar surface area (TPSA) is 41.9 Å². The van der Waals surface area contributed by atoms with Crippen molar-refractivity contribution in [2.75, 3.05) is 11.2 Å². The van der Waals surface area contributed by atoms with Crippen LogP contribution in [-0.4, -0.2) is 26.5 Å². The first kappa shape index (κ1) is 22.7. The Hall–Kier alpha value is -1.62. The van der Waals surface area contributed by atoms with Crippen LogP contribution in [0.15, 0.2) is 23.4 Å². The highest BCUT2D eigenvalue weighted by atomic mass is 28.3. The summed E-state index contributed by atoms with van der Waals surface area (Å²) in [5, 5.41) is 4.27. The van der Waals surface area contributed by atoms with Gasteiger partial charge in [-0.15, -0.1) is 0 Å². The molecule has 5 heteroatoms. The number of hydrogen-bond acceptors (Lipinski definition) is 3. The first-order chi connectivity index (χ1) is 13.1. The maximum atomic E-state index is 13.4. The summed E-state index contributed by atoms with van der Waals surface area (Å²) in [6, 6.07) is 6.48. The van der Waals surface area contributed by atoms with Gasteiger partial charge in [0.1, 0.15) is 6.61 Å². The first-order valence-corrected chi connectivity index (χ1v) is 13.8. The standard InChI is InChI=1S/C23H38N2O2Si/c1-8-10-11-12-13-14-18-15-16-20-19(17-18)21(24-27-9-2)22(26)25(20)28(6,7)23(3,4)5/h15-17H,8-14H2,1-7H3/b24-21-. The van der Waals surface area contributed by atoms with Gasteiger partial charge >= 0.3 is 0 Å².